The van der Waals surface area contributed by atoms with Crippen molar-refractivity contribution in [1.29, 1.82) is 0 Å². The van der Waals surface area contributed by atoms with E-state index in [2.05, 4.69) is 6.58 Å². The zero-order valence-electron chi connectivity index (χ0n) is 15.2. The number of aromatic hydroxyl groups is 1. The smallest absolute Gasteiger partial charge is 0.339 e. The van der Waals surface area contributed by atoms with Gasteiger partial charge in [0, 0.05) is 17.5 Å². The Bertz CT molecular complexity index is 884. The van der Waals surface area contributed by atoms with Gasteiger partial charge in [-0.15, -0.1) is 6.58 Å². The molecular formula is C21H21FO5. The van der Waals surface area contributed by atoms with Crippen molar-refractivity contribution in [2.75, 3.05) is 7.11 Å². The highest BCUT2D eigenvalue weighted by Gasteiger charge is 2.24. The van der Waals surface area contributed by atoms with Crippen LogP contribution in [0.3, 0.4) is 0 Å². The topological polar surface area (TPSA) is 83.8 Å². The molecule has 0 aromatic heterocycles. The molecule has 27 heavy (non-hydrogen) atoms. The number of carboxylic acid groups (broad SMARTS) is 1. The lowest BCUT2D eigenvalue weighted by atomic mass is 9.93. The zero-order chi connectivity index (χ0) is 20.1. The first-order valence-corrected chi connectivity index (χ1v) is 8.32. The molecule has 6 heteroatoms. The van der Waals surface area contributed by atoms with Crippen molar-refractivity contribution in [2.24, 2.45) is 0 Å². The molecular weight excluding hydrogens is 351 g/mol. The van der Waals surface area contributed by atoms with E-state index in [9.17, 15) is 24.2 Å². The summed E-state index contributed by atoms with van der Waals surface area (Å²) >= 11 is 0. The summed E-state index contributed by atoms with van der Waals surface area (Å²) in [5, 5.41) is 20.1. The molecule has 2 N–H and O–H groups in total. The third-order valence-corrected chi connectivity index (χ3v) is 4.20. The van der Waals surface area contributed by atoms with E-state index in [1.54, 1.807) is 0 Å². The maximum atomic E-state index is 13.0. The molecule has 0 fully saturated rings. The van der Waals surface area contributed by atoms with E-state index in [0.717, 1.165) is 17.7 Å². The summed E-state index contributed by atoms with van der Waals surface area (Å²) in [4.78, 5) is 24.2. The van der Waals surface area contributed by atoms with E-state index in [1.807, 2.05) is 6.92 Å². The predicted molar refractivity (Wildman–Crippen MR) is 99.2 cm³/mol. The van der Waals surface area contributed by atoms with Crippen LogP contribution in [0.2, 0.25) is 0 Å². The van der Waals surface area contributed by atoms with E-state index in [0.29, 0.717) is 24.2 Å². The molecule has 0 unspecified atom stereocenters. The summed E-state index contributed by atoms with van der Waals surface area (Å²) < 4.78 is 18.3. The number of phenols is 1. The van der Waals surface area contributed by atoms with Gasteiger partial charge in [0.2, 0.25) is 0 Å². The number of carbonyl (C=O) groups excluding carboxylic acids is 1. The number of ketones is 1. The Morgan fingerprint density at radius 1 is 1.22 bits per heavy atom. The monoisotopic (exact) mass is 372 g/mol. The molecule has 0 saturated heterocycles. The predicted octanol–water partition coefficient (Wildman–Crippen LogP) is 4.17. The molecule has 0 aliphatic heterocycles. The number of aromatic carboxylic acids is 1. The van der Waals surface area contributed by atoms with Gasteiger partial charge in [0.15, 0.2) is 5.78 Å². The SMILES string of the molecule is C=C(C)CCc1c(OC)cc(CC(=O)c2ccc(F)cc2)c(C(=O)O)c1O. The molecule has 0 amide bonds. The fraction of sp³-hybridized carbons (Fsp3) is 0.238. The lowest BCUT2D eigenvalue weighted by Crippen LogP contribution is -2.11. The van der Waals surface area contributed by atoms with E-state index in [4.69, 9.17) is 4.74 Å². The summed E-state index contributed by atoms with van der Waals surface area (Å²) in [6.07, 6.45) is 0.644. The van der Waals surface area contributed by atoms with Crippen LogP contribution in [0, 0.1) is 5.82 Å². The van der Waals surface area contributed by atoms with Gasteiger partial charge in [0.1, 0.15) is 22.9 Å². The highest BCUT2D eigenvalue weighted by molar-refractivity contribution is 6.01. The number of Topliss-reactive ketones (excluding diaryl/α,β-unsaturated/α-hetero) is 1. The summed E-state index contributed by atoms with van der Waals surface area (Å²) in [6.45, 7) is 5.63. The molecule has 2 rings (SSSR count). The molecule has 0 bridgehead atoms. The summed E-state index contributed by atoms with van der Waals surface area (Å²) in [5.41, 5.74) is 1.28. The highest BCUT2D eigenvalue weighted by Crippen LogP contribution is 2.36. The van der Waals surface area contributed by atoms with Crippen LogP contribution in [0.4, 0.5) is 4.39 Å². The van der Waals surface area contributed by atoms with Gasteiger partial charge in [0.25, 0.3) is 0 Å². The molecule has 2 aromatic carbocycles. The van der Waals surface area contributed by atoms with Gasteiger partial charge in [-0.25, -0.2) is 9.18 Å². The number of carbonyl (C=O) groups is 2. The Hall–Kier alpha value is -3.15. The average Bonchev–Trinajstić information content (AvgIpc) is 2.60. The van der Waals surface area contributed by atoms with Crippen molar-refractivity contribution in [3.05, 3.63) is 70.6 Å². The standard InChI is InChI=1S/C21H21FO5/c1-12(2)4-9-16-18(27-3)11-14(19(20(16)24)21(25)26)10-17(23)13-5-7-15(22)8-6-13/h5-8,11,24H,1,4,9-10H2,2-3H3,(H,25,26). The Morgan fingerprint density at radius 3 is 2.37 bits per heavy atom. The number of hydrogen-bond acceptors (Lipinski definition) is 4. The summed E-state index contributed by atoms with van der Waals surface area (Å²) in [6, 6.07) is 6.43. The van der Waals surface area contributed by atoms with E-state index in [1.165, 1.54) is 25.3 Å². The number of hydrogen-bond donors (Lipinski definition) is 2. The fourth-order valence-corrected chi connectivity index (χ4v) is 2.79. The number of halogens is 1. The molecule has 2 aromatic rings. The Morgan fingerprint density at radius 2 is 1.85 bits per heavy atom. The second kappa shape index (κ2) is 8.49. The first kappa shape index (κ1) is 20.2. The van der Waals surface area contributed by atoms with Crippen molar-refractivity contribution in [1.82, 2.24) is 0 Å². The first-order chi connectivity index (χ1) is 12.7. The van der Waals surface area contributed by atoms with Gasteiger partial charge in [-0.1, -0.05) is 5.57 Å². The molecule has 0 saturated carbocycles. The van der Waals surface area contributed by atoms with Crippen LogP contribution in [0.25, 0.3) is 0 Å². The average molecular weight is 372 g/mol. The van der Waals surface area contributed by atoms with Gasteiger partial charge in [-0.2, -0.15) is 0 Å². The Labute approximate surface area is 156 Å². The quantitative estimate of drug-likeness (QED) is 0.537. The van der Waals surface area contributed by atoms with E-state index in [-0.39, 0.29) is 23.1 Å². The third-order valence-electron chi connectivity index (χ3n) is 4.20. The minimum atomic E-state index is -1.34. The van der Waals surface area contributed by atoms with Crippen molar-refractivity contribution < 1.29 is 28.9 Å². The molecule has 0 heterocycles. The van der Waals surface area contributed by atoms with Gasteiger partial charge in [-0.3, -0.25) is 4.79 Å². The second-order valence-corrected chi connectivity index (χ2v) is 6.31. The number of ether oxygens (including phenoxy) is 1. The number of carboxylic acids is 1. The van der Waals surface area contributed by atoms with E-state index < -0.39 is 23.3 Å². The Kier molecular flexibility index (Phi) is 6.34. The summed E-state index contributed by atoms with van der Waals surface area (Å²) in [7, 11) is 1.41. The third kappa shape index (κ3) is 4.73. The number of benzene rings is 2. The van der Waals surface area contributed by atoms with Crippen LogP contribution in [0.15, 0.2) is 42.5 Å². The maximum absolute atomic E-state index is 13.0. The maximum Gasteiger partial charge on any atom is 0.339 e. The fourth-order valence-electron chi connectivity index (χ4n) is 2.79. The lowest BCUT2D eigenvalue weighted by Gasteiger charge is -2.16. The van der Waals surface area contributed by atoms with Gasteiger partial charge in [0.05, 0.1) is 7.11 Å². The molecule has 0 radical (unpaired) electrons. The normalized spacial score (nSPS) is 10.5. The minimum absolute atomic E-state index is 0.130. The lowest BCUT2D eigenvalue weighted by molar-refractivity contribution is 0.0692. The zero-order valence-corrected chi connectivity index (χ0v) is 15.2. The van der Waals surface area contributed by atoms with Crippen molar-refractivity contribution >= 4 is 11.8 Å². The molecule has 0 aliphatic rings. The molecule has 142 valence electrons. The molecule has 0 aliphatic carbocycles. The van der Waals surface area contributed by atoms with Crippen molar-refractivity contribution in [3.8, 4) is 11.5 Å². The van der Waals surface area contributed by atoms with Crippen LogP contribution in [0.5, 0.6) is 11.5 Å². The summed E-state index contributed by atoms with van der Waals surface area (Å²) in [5.74, 6) is -2.31. The van der Waals surface area contributed by atoms with Gasteiger partial charge < -0.3 is 14.9 Å². The van der Waals surface area contributed by atoms with Crippen LogP contribution in [-0.2, 0) is 12.8 Å². The van der Waals surface area contributed by atoms with Crippen molar-refractivity contribution in [3.63, 3.8) is 0 Å². The van der Waals surface area contributed by atoms with Crippen LogP contribution >= 0.6 is 0 Å². The number of allylic oxidation sites excluding steroid dienone is 1. The Balaban J connectivity index is 2.47. The number of rotatable bonds is 8. The van der Waals surface area contributed by atoms with Crippen LogP contribution in [0.1, 0.15) is 45.2 Å². The van der Waals surface area contributed by atoms with Gasteiger partial charge in [-0.05, 0) is 55.7 Å². The highest BCUT2D eigenvalue weighted by atomic mass is 19.1. The molecule has 0 atom stereocenters. The first-order valence-electron chi connectivity index (χ1n) is 8.32. The van der Waals surface area contributed by atoms with Crippen LogP contribution < -0.4 is 4.74 Å². The number of methoxy groups -OCH3 is 1. The molecule has 5 nitrogen and oxygen atoms in total. The second-order valence-electron chi connectivity index (χ2n) is 6.31. The largest absolute Gasteiger partial charge is 0.507 e. The van der Waals surface area contributed by atoms with Gasteiger partial charge >= 0.3 is 5.97 Å². The van der Waals surface area contributed by atoms with E-state index >= 15 is 0 Å². The van der Waals surface area contributed by atoms with Crippen LogP contribution in [-0.4, -0.2) is 29.1 Å². The van der Waals surface area contributed by atoms with Crippen molar-refractivity contribution in [2.45, 2.75) is 26.2 Å². The minimum Gasteiger partial charge on any atom is -0.507 e. The molecule has 0 spiro atoms.